The molecule has 2 aromatic rings. The van der Waals surface area contributed by atoms with Gasteiger partial charge in [0.2, 0.25) is 10.8 Å². The second-order valence-corrected chi connectivity index (χ2v) is 10.00. The van der Waals surface area contributed by atoms with Crippen LogP contribution in [0.3, 0.4) is 0 Å². The molecule has 0 bridgehead atoms. The molecule has 2 amide bonds. The van der Waals surface area contributed by atoms with Crippen molar-refractivity contribution in [3.05, 3.63) is 64.7 Å². The van der Waals surface area contributed by atoms with E-state index in [9.17, 15) is 9.59 Å². The number of anilines is 2. The predicted molar refractivity (Wildman–Crippen MR) is 119 cm³/mol. The number of carbonyl (C=O) groups is 2. The summed E-state index contributed by atoms with van der Waals surface area (Å²) in [7, 11) is 0. The van der Waals surface area contributed by atoms with Crippen molar-refractivity contribution in [3.8, 4) is 0 Å². The van der Waals surface area contributed by atoms with Crippen molar-refractivity contribution in [1.82, 2.24) is 0 Å². The summed E-state index contributed by atoms with van der Waals surface area (Å²) < 4.78 is 0. The molecule has 0 saturated carbocycles. The van der Waals surface area contributed by atoms with Crippen LogP contribution in [0.15, 0.2) is 42.5 Å². The largest absolute Gasteiger partial charge is 0.299 e. The van der Waals surface area contributed by atoms with Crippen LogP contribution in [0.5, 0.6) is 0 Å². The molecule has 0 aromatic heterocycles. The van der Waals surface area contributed by atoms with Gasteiger partial charge >= 0.3 is 0 Å². The maximum absolute atomic E-state index is 14.1. The molecule has 3 heterocycles. The fourth-order valence-electron chi connectivity index (χ4n) is 5.02. The molecule has 0 radical (unpaired) electrons. The standard InChI is InChI=1S/C24H24N2O2S/c1-14-6-8-17(9-7-14)25-20(27)13-29-24(25)19-11-15(2)10-18-16(3)12-23(4,5)26(21(18)19)22(24)28/h6-12H,13H2,1-5H3/t24-/m1/s1. The average molecular weight is 405 g/mol. The maximum Gasteiger partial charge on any atom is 0.269 e. The van der Waals surface area contributed by atoms with Crippen molar-refractivity contribution in [3.63, 3.8) is 0 Å². The summed E-state index contributed by atoms with van der Waals surface area (Å²) in [4.78, 5) is 29.8. The van der Waals surface area contributed by atoms with Gasteiger partial charge in [0.05, 0.1) is 17.0 Å². The van der Waals surface area contributed by atoms with Crippen LogP contribution in [0, 0.1) is 13.8 Å². The first-order valence-corrected chi connectivity index (χ1v) is 10.9. The summed E-state index contributed by atoms with van der Waals surface area (Å²) in [6, 6.07) is 12.1. The van der Waals surface area contributed by atoms with E-state index in [0.717, 1.165) is 33.6 Å². The summed E-state index contributed by atoms with van der Waals surface area (Å²) in [6.45, 7) is 10.3. The van der Waals surface area contributed by atoms with Gasteiger partial charge in [0.15, 0.2) is 0 Å². The first-order valence-electron chi connectivity index (χ1n) is 9.90. The van der Waals surface area contributed by atoms with E-state index in [4.69, 9.17) is 0 Å². The number of rotatable bonds is 1. The van der Waals surface area contributed by atoms with Gasteiger partial charge in [0, 0.05) is 16.8 Å². The summed E-state index contributed by atoms with van der Waals surface area (Å²) >= 11 is 1.45. The normalized spacial score (nSPS) is 24.4. The van der Waals surface area contributed by atoms with Gasteiger partial charge in [-0.15, -0.1) is 11.8 Å². The molecule has 0 aliphatic carbocycles. The summed E-state index contributed by atoms with van der Waals surface area (Å²) in [5, 5.41) is 0. The van der Waals surface area contributed by atoms with Gasteiger partial charge in [-0.2, -0.15) is 0 Å². The molecular formula is C24H24N2O2S. The summed E-state index contributed by atoms with van der Waals surface area (Å²) in [5.41, 5.74) is 6.71. The number of aryl methyl sites for hydroxylation is 2. The van der Waals surface area contributed by atoms with Crippen LogP contribution in [-0.2, 0) is 14.5 Å². The first kappa shape index (κ1) is 18.5. The second-order valence-electron chi connectivity index (χ2n) is 8.83. The van der Waals surface area contributed by atoms with Gasteiger partial charge in [0.1, 0.15) is 0 Å². The third kappa shape index (κ3) is 2.28. The highest BCUT2D eigenvalue weighted by molar-refractivity contribution is 8.02. The van der Waals surface area contributed by atoms with Crippen molar-refractivity contribution in [1.29, 1.82) is 0 Å². The Kier molecular flexibility index (Phi) is 3.67. The quantitative estimate of drug-likeness (QED) is 0.687. The third-order valence-electron chi connectivity index (χ3n) is 6.17. The lowest BCUT2D eigenvalue weighted by molar-refractivity contribution is -0.124. The number of hydrogen-bond donors (Lipinski definition) is 0. The predicted octanol–water partition coefficient (Wildman–Crippen LogP) is 4.78. The second kappa shape index (κ2) is 5.76. The Balaban J connectivity index is 1.82. The molecule has 4 nitrogen and oxygen atoms in total. The number of carbonyl (C=O) groups excluding carboxylic acids is 2. The topological polar surface area (TPSA) is 40.6 Å². The lowest BCUT2D eigenvalue weighted by Gasteiger charge is -2.40. The number of allylic oxidation sites excluding steroid dienone is 1. The Morgan fingerprint density at radius 1 is 0.931 bits per heavy atom. The fraction of sp³-hybridized carbons (Fsp3) is 0.333. The van der Waals surface area contributed by atoms with Crippen LogP contribution >= 0.6 is 11.8 Å². The molecule has 2 aromatic carbocycles. The molecule has 148 valence electrons. The zero-order valence-electron chi connectivity index (χ0n) is 17.4. The van der Waals surface area contributed by atoms with Crippen molar-refractivity contribution in [2.75, 3.05) is 15.6 Å². The monoisotopic (exact) mass is 404 g/mol. The molecule has 1 atom stereocenters. The molecule has 3 aliphatic heterocycles. The van der Waals surface area contributed by atoms with E-state index >= 15 is 0 Å². The number of hydrogen-bond acceptors (Lipinski definition) is 3. The summed E-state index contributed by atoms with van der Waals surface area (Å²) in [6.07, 6.45) is 2.16. The number of fused-ring (bicyclic) bond motifs is 1. The van der Waals surface area contributed by atoms with E-state index in [2.05, 4.69) is 45.9 Å². The highest BCUT2D eigenvalue weighted by atomic mass is 32.2. The van der Waals surface area contributed by atoms with Crippen LogP contribution in [0.1, 0.15) is 43.0 Å². The van der Waals surface area contributed by atoms with E-state index < -0.39 is 10.4 Å². The van der Waals surface area contributed by atoms with Crippen LogP contribution in [0.2, 0.25) is 0 Å². The average Bonchev–Trinajstić information content (AvgIpc) is 3.11. The number of thioether (sulfide) groups is 1. The van der Waals surface area contributed by atoms with Crippen LogP contribution in [-0.4, -0.2) is 23.1 Å². The minimum absolute atomic E-state index is 0.0233. The van der Waals surface area contributed by atoms with E-state index in [-0.39, 0.29) is 11.8 Å². The minimum atomic E-state index is -1.04. The van der Waals surface area contributed by atoms with Gasteiger partial charge in [-0.05, 0) is 64.0 Å². The summed E-state index contributed by atoms with van der Waals surface area (Å²) in [5.74, 6) is 0.248. The van der Waals surface area contributed by atoms with Crippen LogP contribution in [0.4, 0.5) is 11.4 Å². The number of amides is 2. The number of benzene rings is 2. The van der Waals surface area contributed by atoms with Crippen LogP contribution in [0.25, 0.3) is 5.57 Å². The van der Waals surface area contributed by atoms with E-state index in [1.807, 2.05) is 36.1 Å². The molecule has 5 heteroatoms. The molecule has 29 heavy (non-hydrogen) atoms. The molecular weight excluding hydrogens is 380 g/mol. The lowest BCUT2D eigenvalue weighted by Crippen LogP contribution is -2.54. The van der Waals surface area contributed by atoms with Crippen LogP contribution < -0.4 is 9.80 Å². The molecule has 5 rings (SSSR count). The van der Waals surface area contributed by atoms with Gasteiger partial charge < -0.3 is 0 Å². The Bertz CT molecular complexity index is 1120. The molecule has 1 fully saturated rings. The van der Waals surface area contributed by atoms with Crippen molar-refractivity contribution >= 4 is 40.5 Å². The van der Waals surface area contributed by atoms with E-state index in [1.165, 1.54) is 17.3 Å². The highest BCUT2D eigenvalue weighted by Gasteiger charge is 2.64. The first-order chi connectivity index (χ1) is 13.7. The van der Waals surface area contributed by atoms with Crippen molar-refractivity contribution in [2.45, 2.75) is 45.0 Å². The molecule has 3 aliphatic rings. The van der Waals surface area contributed by atoms with Crippen molar-refractivity contribution in [2.24, 2.45) is 0 Å². The smallest absolute Gasteiger partial charge is 0.269 e. The van der Waals surface area contributed by atoms with Gasteiger partial charge in [-0.25, -0.2) is 0 Å². The maximum atomic E-state index is 14.1. The van der Waals surface area contributed by atoms with Gasteiger partial charge in [0.25, 0.3) is 5.91 Å². The third-order valence-corrected chi connectivity index (χ3v) is 7.55. The molecule has 1 saturated heterocycles. The Hall–Kier alpha value is -2.53. The van der Waals surface area contributed by atoms with E-state index in [1.54, 1.807) is 4.90 Å². The minimum Gasteiger partial charge on any atom is -0.299 e. The lowest BCUT2D eigenvalue weighted by atomic mass is 9.88. The SMILES string of the molecule is CC1=CC(C)(C)N2C(=O)[C@]3(SCC(=O)N3c3ccc(C)cc3)c3cc(C)cc1c32. The molecule has 0 unspecified atom stereocenters. The Labute approximate surface area is 175 Å². The van der Waals surface area contributed by atoms with Crippen molar-refractivity contribution < 1.29 is 9.59 Å². The Morgan fingerprint density at radius 2 is 1.62 bits per heavy atom. The fourth-order valence-corrected chi connectivity index (χ4v) is 6.34. The zero-order valence-corrected chi connectivity index (χ0v) is 18.2. The van der Waals surface area contributed by atoms with Gasteiger partial charge in [-0.1, -0.05) is 29.8 Å². The number of nitrogens with zero attached hydrogens (tertiary/aromatic N) is 2. The Morgan fingerprint density at radius 3 is 2.31 bits per heavy atom. The van der Waals surface area contributed by atoms with Gasteiger partial charge in [-0.3, -0.25) is 19.4 Å². The molecule has 1 spiro atoms. The highest BCUT2D eigenvalue weighted by Crippen LogP contribution is 2.60. The molecule has 0 N–H and O–H groups in total. The zero-order chi connectivity index (χ0) is 20.7. The van der Waals surface area contributed by atoms with E-state index in [0.29, 0.717) is 5.75 Å².